The smallest absolute Gasteiger partial charge is 0.171 e. The number of thiocarbonyl (C=S) groups is 1. The first-order valence-electron chi connectivity index (χ1n) is 9.21. The average molecular weight is 405 g/mol. The zero-order valence-corrected chi connectivity index (χ0v) is 17.8. The second kappa shape index (κ2) is 10.6. The van der Waals surface area contributed by atoms with Crippen LogP contribution in [0.4, 0.5) is 5.69 Å². The molecule has 0 saturated heterocycles. The van der Waals surface area contributed by atoms with Gasteiger partial charge < -0.3 is 29.6 Å². The molecule has 28 heavy (non-hydrogen) atoms. The highest BCUT2D eigenvalue weighted by atomic mass is 32.1. The molecule has 152 valence electrons. The van der Waals surface area contributed by atoms with Gasteiger partial charge in [-0.2, -0.15) is 0 Å². The summed E-state index contributed by atoms with van der Waals surface area (Å²) >= 11 is 5.45. The minimum atomic E-state index is -0.0185. The maximum absolute atomic E-state index is 5.70. The molecule has 2 aromatic rings. The molecule has 0 aromatic heterocycles. The minimum Gasteiger partial charge on any atom is -0.493 e. The lowest BCUT2D eigenvalue weighted by molar-refractivity contribution is 0.287. The van der Waals surface area contributed by atoms with Crippen LogP contribution in [0.5, 0.6) is 23.0 Å². The summed E-state index contributed by atoms with van der Waals surface area (Å²) < 4.78 is 21.9. The van der Waals surface area contributed by atoms with Gasteiger partial charge in [-0.1, -0.05) is 6.07 Å². The van der Waals surface area contributed by atoms with Crippen molar-refractivity contribution in [3.63, 3.8) is 0 Å². The van der Waals surface area contributed by atoms with Gasteiger partial charge in [-0.3, -0.25) is 0 Å². The number of nitrogens with one attached hydrogen (secondary N) is 2. The standard InChI is InChI=1S/C21H28N2O4S/c1-6-26-18-10-8-15(12-20(18)27-7-2)14(3)22-21(28)23-16-9-11-17(24-4)19(13-16)25-5/h8-14H,6-7H2,1-5H3,(H2,22,23,28)/t14-/m0/s1. The highest BCUT2D eigenvalue weighted by molar-refractivity contribution is 7.80. The number of methoxy groups -OCH3 is 2. The molecule has 6 nitrogen and oxygen atoms in total. The van der Waals surface area contributed by atoms with Crippen molar-refractivity contribution in [1.29, 1.82) is 0 Å². The zero-order valence-electron chi connectivity index (χ0n) is 17.0. The summed E-state index contributed by atoms with van der Waals surface area (Å²) in [5.41, 5.74) is 1.85. The second-order valence-electron chi connectivity index (χ2n) is 5.96. The molecule has 2 N–H and O–H groups in total. The molecule has 7 heteroatoms. The van der Waals surface area contributed by atoms with Crippen LogP contribution in [-0.2, 0) is 0 Å². The normalized spacial score (nSPS) is 11.3. The lowest BCUT2D eigenvalue weighted by Gasteiger charge is -2.20. The summed E-state index contributed by atoms with van der Waals surface area (Å²) in [7, 11) is 3.20. The van der Waals surface area contributed by atoms with E-state index in [4.69, 9.17) is 31.2 Å². The molecule has 0 aliphatic rings. The van der Waals surface area contributed by atoms with Crippen molar-refractivity contribution in [2.75, 3.05) is 32.8 Å². The summed E-state index contributed by atoms with van der Waals surface area (Å²) in [5, 5.41) is 6.96. The molecule has 0 aliphatic carbocycles. The van der Waals surface area contributed by atoms with E-state index in [1.54, 1.807) is 14.2 Å². The van der Waals surface area contributed by atoms with Crippen LogP contribution in [0.2, 0.25) is 0 Å². The summed E-state index contributed by atoms with van der Waals surface area (Å²) in [6, 6.07) is 11.4. The van der Waals surface area contributed by atoms with Crippen LogP contribution in [0.1, 0.15) is 32.4 Å². The zero-order chi connectivity index (χ0) is 20.5. The van der Waals surface area contributed by atoms with Gasteiger partial charge in [-0.05, 0) is 62.8 Å². The van der Waals surface area contributed by atoms with Gasteiger partial charge >= 0.3 is 0 Å². The molecular formula is C21H28N2O4S. The third-order valence-electron chi connectivity index (χ3n) is 4.06. The molecule has 0 saturated carbocycles. The van der Waals surface area contributed by atoms with Crippen LogP contribution in [0.15, 0.2) is 36.4 Å². The molecule has 2 rings (SSSR count). The van der Waals surface area contributed by atoms with E-state index in [2.05, 4.69) is 10.6 Å². The van der Waals surface area contributed by atoms with E-state index in [0.29, 0.717) is 29.8 Å². The fourth-order valence-corrected chi connectivity index (χ4v) is 2.99. The van der Waals surface area contributed by atoms with Crippen molar-refractivity contribution >= 4 is 23.0 Å². The quantitative estimate of drug-likeness (QED) is 0.595. The van der Waals surface area contributed by atoms with Crippen LogP contribution in [0.25, 0.3) is 0 Å². The number of hydrogen-bond acceptors (Lipinski definition) is 5. The average Bonchev–Trinajstić information content (AvgIpc) is 2.69. The molecule has 2 aromatic carbocycles. The lowest BCUT2D eigenvalue weighted by atomic mass is 10.1. The predicted octanol–water partition coefficient (Wildman–Crippen LogP) is 4.55. The first-order valence-corrected chi connectivity index (χ1v) is 9.62. The molecular weight excluding hydrogens is 376 g/mol. The van der Waals surface area contributed by atoms with Crippen LogP contribution in [0.3, 0.4) is 0 Å². The van der Waals surface area contributed by atoms with Crippen molar-refractivity contribution in [3.05, 3.63) is 42.0 Å². The highest BCUT2D eigenvalue weighted by Crippen LogP contribution is 2.31. The molecule has 0 heterocycles. The number of rotatable bonds is 9. The Labute approximate surface area is 172 Å². The van der Waals surface area contributed by atoms with E-state index in [1.165, 1.54) is 0 Å². The number of ether oxygens (including phenoxy) is 4. The monoisotopic (exact) mass is 404 g/mol. The summed E-state index contributed by atoms with van der Waals surface area (Å²) in [6.45, 7) is 7.10. The van der Waals surface area contributed by atoms with Gasteiger partial charge in [-0.25, -0.2) is 0 Å². The van der Waals surface area contributed by atoms with E-state index >= 15 is 0 Å². The summed E-state index contributed by atoms with van der Waals surface area (Å²) in [6.07, 6.45) is 0. The first-order chi connectivity index (χ1) is 13.5. The maximum atomic E-state index is 5.70. The lowest BCUT2D eigenvalue weighted by Crippen LogP contribution is -2.30. The third-order valence-corrected chi connectivity index (χ3v) is 4.28. The fraction of sp³-hybridized carbons (Fsp3) is 0.381. The minimum absolute atomic E-state index is 0.0185. The molecule has 0 aliphatic heterocycles. The molecule has 0 radical (unpaired) electrons. The van der Waals surface area contributed by atoms with E-state index < -0.39 is 0 Å². The molecule has 0 unspecified atom stereocenters. The van der Waals surface area contributed by atoms with Gasteiger partial charge in [0.15, 0.2) is 28.1 Å². The molecule has 0 bridgehead atoms. The Morgan fingerprint density at radius 3 is 2.18 bits per heavy atom. The SMILES string of the molecule is CCOc1ccc([C@H](C)NC(=S)Nc2ccc(OC)c(OC)c2)cc1OCC. The van der Waals surface area contributed by atoms with Crippen LogP contribution >= 0.6 is 12.2 Å². The van der Waals surface area contributed by atoms with Gasteiger partial charge in [0, 0.05) is 11.8 Å². The highest BCUT2D eigenvalue weighted by Gasteiger charge is 2.13. The Morgan fingerprint density at radius 2 is 1.54 bits per heavy atom. The first kappa shape index (κ1) is 21.6. The van der Waals surface area contributed by atoms with Crippen molar-refractivity contribution in [3.8, 4) is 23.0 Å². The van der Waals surface area contributed by atoms with Gasteiger partial charge in [0.05, 0.1) is 33.5 Å². The van der Waals surface area contributed by atoms with Crippen LogP contribution < -0.4 is 29.6 Å². The molecule has 0 amide bonds. The van der Waals surface area contributed by atoms with Crippen molar-refractivity contribution in [1.82, 2.24) is 5.32 Å². The molecule has 0 fully saturated rings. The van der Waals surface area contributed by atoms with E-state index in [9.17, 15) is 0 Å². The van der Waals surface area contributed by atoms with E-state index in [0.717, 1.165) is 22.7 Å². The molecule has 1 atom stereocenters. The Kier molecular flexibility index (Phi) is 8.19. The largest absolute Gasteiger partial charge is 0.493 e. The van der Waals surface area contributed by atoms with Crippen LogP contribution in [0, 0.1) is 0 Å². The Morgan fingerprint density at radius 1 is 0.893 bits per heavy atom. The van der Waals surface area contributed by atoms with E-state index in [-0.39, 0.29) is 6.04 Å². The third kappa shape index (κ3) is 5.66. The summed E-state index contributed by atoms with van der Waals surface area (Å²) in [5.74, 6) is 2.77. The van der Waals surface area contributed by atoms with Crippen molar-refractivity contribution < 1.29 is 18.9 Å². The van der Waals surface area contributed by atoms with Crippen molar-refractivity contribution in [2.24, 2.45) is 0 Å². The van der Waals surface area contributed by atoms with Gasteiger partial charge in [0.25, 0.3) is 0 Å². The fourth-order valence-electron chi connectivity index (χ4n) is 2.70. The Balaban J connectivity index is 2.06. The topological polar surface area (TPSA) is 61.0 Å². The van der Waals surface area contributed by atoms with Crippen LogP contribution in [-0.4, -0.2) is 32.5 Å². The summed E-state index contributed by atoms with van der Waals surface area (Å²) in [4.78, 5) is 0. The maximum Gasteiger partial charge on any atom is 0.171 e. The number of benzene rings is 2. The molecule has 0 spiro atoms. The second-order valence-corrected chi connectivity index (χ2v) is 6.37. The van der Waals surface area contributed by atoms with Crippen molar-refractivity contribution in [2.45, 2.75) is 26.8 Å². The predicted molar refractivity (Wildman–Crippen MR) is 116 cm³/mol. The number of hydrogen-bond donors (Lipinski definition) is 2. The van der Waals surface area contributed by atoms with E-state index in [1.807, 2.05) is 57.2 Å². The number of anilines is 1. The Bertz CT molecular complexity index is 798. The van der Waals surface area contributed by atoms with Gasteiger partial charge in [0.1, 0.15) is 0 Å². The van der Waals surface area contributed by atoms with Gasteiger partial charge in [0.2, 0.25) is 0 Å². The van der Waals surface area contributed by atoms with Gasteiger partial charge in [-0.15, -0.1) is 0 Å². The Hall–Kier alpha value is -2.67.